The van der Waals surface area contributed by atoms with Gasteiger partial charge in [-0.05, 0) is 31.0 Å². The van der Waals surface area contributed by atoms with E-state index in [1.807, 2.05) is 12.1 Å². The summed E-state index contributed by atoms with van der Waals surface area (Å²) in [5.74, 6) is -0.290. The van der Waals surface area contributed by atoms with E-state index in [4.69, 9.17) is 5.14 Å². The average molecular weight is 365 g/mol. The van der Waals surface area contributed by atoms with Crippen LogP contribution in [-0.4, -0.2) is 33.5 Å². The van der Waals surface area contributed by atoms with Gasteiger partial charge in [-0.15, -0.1) is 11.3 Å². The molecule has 0 unspecified atom stereocenters. The van der Waals surface area contributed by atoms with Crippen LogP contribution in [0.3, 0.4) is 0 Å². The molecule has 128 valence electrons. The van der Waals surface area contributed by atoms with Crippen molar-refractivity contribution in [1.29, 1.82) is 0 Å². The summed E-state index contributed by atoms with van der Waals surface area (Å²) >= 11 is 0.950. The summed E-state index contributed by atoms with van der Waals surface area (Å²) in [6, 6.07) is 9.99. The van der Waals surface area contributed by atoms with Crippen LogP contribution in [0.1, 0.15) is 22.8 Å². The van der Waals surface area contributed by atoms with Crippen LogP contribution >= 0.6 is 11.3 Å². The lowest BCUT2D eigenvalue weighted by atomic mass is 10.1. The summed E-state index contributed by atoms with van der Waals surface area (Å²) < 4.78 is 22.5. The maximum Gasteiger partial charge on any atom is 0.252 e. The fourth-order valence-electron chi connectivity index (χ4n) is 2.95. The monoisotopic (exact) mass is 365 g/mol. The number of carbonyl (C=O) groups excluding carboxylic acids is 1. The highest BCUT2D eigenvalue weighted by Crippen LogP contribution is 2.31. The number of thiophene rings is 1. The van der Waals surface area contributed by atoms with Gasteiger partial charge < -0.3 is 10.2 Å². The molecule has 3 rings (SSSR count). The predicted molar refractivity (Wildman–Crippen MR) is 95.0 cm³/mol. The van der Waals surface area contributed by atoms with Crippen molar-refractivity contribution in [3.05, 3.63) is 46.8 Å². The number of rotatable bonds is 5. The number of primary sulfonamides is 1. The number of hydrogen-bond acceptors (Lipinski definition) is 5. The minimum Gasteiger partial charge on any atom is -0.367 e. The van der Waals surface area contributed by atoms with Gasteiger partial charge in [0.2, 0.25) is 10.0 Å². The van der Waals surface area contributed by atoms with Gasteiger partial charge in [-0.1, -0.05) is 18.2 Å². The lowest BCUT2D eigenvalue weighted by Crippen LogP contribution is -2.37. The Kier molecular flexibility index (Phi) is 4.62. The standard InChI is InChI=1S/C16H19N3O3S2/c1-11-8-12-4-2-3-5-14(12)19(11)7-6-18-16(20)13-9-15(23-10-13)24(17,21)22/h2-5,9-11H,6-8H2,1H3,(H,18,20)(H2,17,21,22)/t11-/m1/s1. The van der Waals surface area contributed by atoms with Gasteiger partial charge in [0, 0.05) is 30.2 Å². The summed E-state index contributed by atoms with van der Waals surface area (Å²) in [4.78, 5) is 14.4. The zero-order chi connectivity index (χ0) is 17.3. The van der Waals surface area contributed by atoms with Crippen LogP contribution in [-0.2, 0) is 16.4 Å². The van der Waals surface area contributed by atoms with Crippen molar-refractivity contribution < 1.29 is 13.2 Å². The summed E-state index contributed by atoms with van der Waals surface area (Å²) in [6.07, 6.45) is 1.01. The van der Waals surface area contributed by atoms with E-state index in [0.717, 1.165) is 17.8 Å². The van der Waals surface area contributed by atoms with Crippen LogP contribution in [0.2, 0.25) is 0 Å². The largest absolute Gasteiger partial charge is 0.367 e. The fraction of sp³-hybridized carbons (Fsp3) is 0.312. The first-order chi connectivity index (χ1) is 11.4. The van der Waals surface area contributed by atoms with Crippen molar-refractivity contribution in [2.45, 2.75) is 23.6 Å². The number of nitrogens with two attached hydrogens (primary N) is 1. The van der Waals surface area contributed by atoms with Crippen LogP contribution < -0.4 is 15.4 Å². The molecule has 1 atom stereocenters. The van der Waals surface area contributed by atoms with Crippen molar-refractivity contribution in [3.63, 3.8) is 0 Å². The Morgan fingerprint density at radius 2 is 2.17 bits per heavy atom. The normalized spacial score (nSPS) is 16.9. The predicted octanol–water partition coefficient (Wildman–Crippen LogP) is 1.58. The Balaban J connectivity index is 1.59. The SMILES string of the molecule is C[C@@H]1Cc2ccccc2N1CCNC(=O)c1csc(S(N)(=O)=O)c1. The number of sulfonamides is 1. The van der Waals surface area contributed by atoms with Crippen molar-refractivity contribution in [1.82, 2.24) is 5.32 Å². The number of anilines is 1. The minimum absolute atomic E-state index is 0.00487. The molecule has 0 saturated carbocycles. The molecule has 0 radical (unpaired) electrons. The maximum absolute atomic E-state index is 12.1. The van der Waals surface area contributed by atoms with E-state index in [9.17, 15) is 13.2 Å². The summed E-state index contributed by atoms with van der Waals surface area (Å²) in [5.41, 5.74) is 2.86. The van der Waals surface area contributed by atoms with Crippen LogP contribution in [0.4, 0.5) is 5.69 Å². The third kappa shape index (κ3) is 3.45. The van der Waals surface area contributed by atoms with E-state index in [0.29, 0.717) is 24.7 Å². The first kappa shape index (κ1) is 16.9. The van der Waals surface area contributed by atoms with E-state index in [2.05, 4.69) is 29.3 Å². The molecule has 8 heteroatoms. The van der Waals surface area contributed by atoms with E-state index in [1.165, 1.54) is 22.7 Å². The van der Waals surface area contributed by atoms with Gasteiger partial charge in [0.05, 0.1) is 5.56 Å². The molecule has 0 saturated heterocycles. The molecule has 2 aromatic rings. The second-order valence-electron chi connectivity index (χ2n) is 5.83. The molecule has 2 heterocycles. The van der Waals surface area contributed by atoms with Crippen LogP contribution in [0.25, 0.3) is 0 Å². The molecular weight excluding hydrogens is 346 g/mol. The highest BCUT2D eigenvalue weighted by Gasteiger charge is 2.25. The smallest absolute Gasteiger partial charge is 0.252 e. The molecule has 0 bridgehead atoms. The number of hydrogen-bond donors (Lipinski definition) is 2. The van der Waals surface area contributed by atoms with Gasteiger partial charge in [-0.25, -0.2) is 13.6 Å². The van der Waals surface area contributed by atoms with Gasteiger partial charge in [0.1, 0.15) is 4.21 Å². The molecule has 6 nitrogen and oxygen atoms in total. The first-order valence-corrected chi connectivity index (χ1v) is 10.0. The summed E-state index contributed by atoms with van der Waals surface area (Å²) in [7, 11) is -3.76. The molecule has 1 aliphatic heterocycles. The van der Waals surface area contributed by atoms with E-state index >= 15 is 0 Å². The van der Waals surface area contributed by atoms with Gasteiger partial charge in [-0.3, -0.25) is 4.79 Å². The highest BCUT2D eigenvalue weighted by molar-refractivity contribution is 7.91. The molecule has 0 fully saturated rings. The second kappa shape index (κ2) is 6.54. The number of fused-ring (bicyclic) bond motifs is 1. The first-order valence-electron chi connectivity index (χ1n) is 7.60. The molecule has 1 amide bonds. The third-order valence-electron chi connectivity index (χ3n) is 4.10. The number of nitrogens with zero attached hydrogens (tertiary/aromatic N) is 1. The van der Waals surface area contributed by atoms with E-state index < -0.39 is 10.0 Å². The number of nitrogens with one attached hydrogen (secondary N) is 1. The average Bonchev–Trinajstić information content (AvgIpc) is 3.12. The topological polar surface area (TPSA) is 92.5 Å². The second-order valence-corrected chi connectivity index (χ2v) is 8.53. The molecule has 1 aromatic heterocycles. The van der Waals surface area contributed by atoms with Crippen LogP contribution in [0, 0.1) is 0 Å². The van der Waals surface area contributed by atoms with Gasteiger partial charge in [0.15, 0.2) is 0 Å². The quantitative estimate of drug-likeness (QED) is 0.841. The highest BCUT2D eigenvalue weighted by atomic mass is 32.2. The van der Waals surface area contributed by atoms with Crippen molar-refractivity contribution in [2.75, 3.05) is 18.0 Å². The molecule has 0 spiro atoms. The van der Waals surface area contributed by atoms with Crippen molar-refractivity contribution in [3.8, 4) is 0 Å². The van der Waals surface area contributed by atoms with Gasteiger partial charge >= 0.3 is 0 Å². The lowest BCUT2D eigenvalue weighted by Gasteiger charge is -2.24. The Labute approximate surface area is 145 Å². The number of para-hydroxylation sites is 1. The van der Waals surface area contributed by atoms with Gasteiger partial charge in [0.25, 0.3) is 5.91 Å². The molecule has 1 aliphatic rings. The molecule has 1 aromatic carbocycles. The minimum atomic E-state index is -3.76. The molecule has 3 N–H and O–H groups in total. The Hall–Kier alpha value is -1.90. The number of carbonyl (C=O) groups is 1. The van der Waals surface area contributed by atoms with E-state index in [1.54, 1.807) is 0 Å². The molecule has 0 aliphatic carbocycles. The zero-order valence-corrected chi connectivity index (χ0v) is 14.9. The number of amides is 1. The Bertz CT molecular complexity index is 861. The van der Waals surface area contributed by atoms with E-state index in [-0.39, 0.29) is 10.1 Å². The van der Waals surface area contributed by atoms with Crippen molar-refractivity contribution in [2.24, 2.45) is 5.14 Å². The lowest BCUT2D eigenvalue weighted by molar-refractivity contribution is 0.0955. The molecule has 24 heavy (non-hydrogen) atoms. The summed E-state index contributed by atoms with van der Waals surface area (Å²) in [6.45, 7) is 3.35. The number of benzene rings is 1. The van der Waals surface area contributed by atoms with Gasteiger partial charge in [-0.2, -0.15) is 0 Å². The Morgan fingerprint density at radius 3 is 2.88 bits per heavy atom. The zero-order valence-electron chi connectivity index (χ0n) is 13.2. The van der Waals surface area contributed by atoms with Crippen LogP contribution in [0.5, 0.6) is 0 Å². The maximum atomic E-state index is 12.1. The van der Waals surface area contributed by atoms with Crippen LogP contribution in [0.15, 0.2) is 39.9 Å². The third-order valence-corrected chi connectivity index (χ3v) is 6.49. The Morgan fingerprint density at radius 1 is 1.42 bits per heavy atom. The fourth-order valence-corrected chi connectivity index (χ4v) is 4.53. The molecular formula is C16H19N3O3S2. The summed E-state index contributed by atoms with van der Waals surface area (Å²) in [5, 5.41) is 9.39. The van der Waals surface area contributed by atoms with Crippen molar-refractivity contribution >= 4 is 33.0 Å².